The number of ether oxygens (including phenoxy) is 1. The number of benzene rings is 1. The summed E-state index contributed by atoms with van der Waals surface area (Å²) in [6.45, 7) is 6.24. The molecule has 1 unspecified atom stereocenters. The third-order valence-electron chi connectivity index (χ3n) is 3.21. The maximum absolute atomic E-state index is 11.6. The molecule has 1 aliphatic heterocycles. The second-order valence-corrected chi connectivity index (χ2v) is 4.59. The Hall–Kier alpha value is -1.55. The van der Waals surface area contributed by atoms with Gasteiger partial charge in [0.15, 0.2) is 0 Å². The van der Waals surface area contributed by atoms with Gasteiger partial charge in [0, 0.05) is 5.56 Å². The number of rotatable bonds is 2. The maximum Gasteiger partial charge on any atom is 0.237 e. The van der Waals surface area contributed by atoms with Crippen LogP contribution in [-0.2, 0) is 4.79 Å². The van der Waals surface area contributed by atoms with Crippen molar-refractivity contribution in [2.24, 2.45) is 5.73 Å². The molecule has 0 spiro atoms. The molecule has 1 aliphatic rings. The smallest absolute Gasteiger partial charge is 0.237 e. The van der Waals surface area contributed by atoms with E-state index in [1.807, 2.05) is 26.0 Å². The second kappa shape index (κ2) is 4.37. The molecule has 0 aromatic heterocycles. The summed E-state index contributed by atoms with van der Waals surface area (Å²) in [6, 6.07) is 3.48. The number of aryl methyl sites for hydroxylation is 1. The van der Waals surface area contributed by atoms with Crippen LogP contribution in [0.5, 0.6) is 5.75 Å². The molecule has 1 aromatic rings. The first-order valence-corrected chi connectivity index (χ1v) is 5.79. The molecule has 0 radical (unpaired) electrons. The van der Waals surface area contributed by atoms with Crippen molar-refractivity contribution in [3.05, 3.63) is 28.8 Å². The molecular weight excluding hydrogens is 216 g/mol. The molecule has 4 heteroatoms. The number of carbonyl (C=O) groups is 1. The van der Waals surface area contributed by atoms with Crippen molar-refractivity contribution in [1.29, 1.82) is 0 Å². The van der Waals surface area contributed by atoms with Crippen molar-refractivity contribution in [3.8, 4) is 5.75 Å². The zero-order chi connectivity index (χ0) is 12.6. The summed E-state index contributed by atoms with van der Waals surface area (Å²) in [6.07, 6.45) is 0. The Morgan fingerprint density at radius 3 is 2.88 bits per heavy atom. The van der Waals surface area contributed by atoms with Crippen LogP contribution in [0.15, 0.2) is 12.1 Å². The minimum Gasteiger partial charge on any atom is -0.490 e. The van der Waals surface area contributed by atoms with Gasteiger partial charge < -0.3 is 15.8 Å². The van der Waals surface area contributed by atoms with Gasteiger partial charge in [-0.2, -0.15) is 0 Å². The molecule has 3 N–H and O–H groups in total. The Balaban J connectivity index is 2.23. The lowest BCUT2D eigenvalue weighted by Crippen LogP contribution is -2.40. The van der Waals surface area contributed by atoms with Crippen LogP contribution in [0.2, 0.25) is 0 Å². The first-order chi connectivity index (χ1) is 8.00. The minimum atomic E-state index is -0.495. The number of fused-ring (bicyclic) bond motifs is 1. The van der Waals surface area contributed by atoms with Crippen LogP contribution < -0.4 is 15.8 Å². The predicted octanol–water partition coefficient (Wildman–Crippen LogP) is 1.20. The van der Waals surface area contributed by atoms with Crippen molar-refractivity contribution in [1.82, 2.24) is 5.32 Å². The summed E-state index contributed by atoms with van der Waals surface area (Å²) in [5.74, 6) is 0.754. The predicted molar refractivity (Wildman–Crippen MR) is 65.9 cm³/mol. The summed E-state index contributed by atoms with van der Waals surface area (Å²) in [4.78, 5) is 11.6. The minimum absolute atomic E-state index is 0.0807. The van der Waals surface area contributed by atoms with Crippen LogP contribution in [0, 0.1) is 13.8 Å². The Kier molecular flexibility index (Phi) is 3.07. The van der Waals surface area contributed by atoms with Crippen molar-refractivity contribution < 1.29 is 9.53 Å². The molecule has 0 saturated carbocycles. The summed E-state index contributed by atoms with van der Waals surface area (Å²) in [7, 11) is 0. The zero-order valence-electron chi connectivity index (χ0n) is 10.4. The topological polar surface area (TPSA) is 64.3 Å². The third kappa shape index (κ3) is 2.13. The van der Waals surface area contributed by atoms with Gasteiger partial charge in [-0.15, -0.1) is 0 Å². The highest BCUT2D eigenvalue weighted by atomic mass is 16.5. The van der Waals surface area contributed by atoms with Crippen LogP contribution in [0.1, 0.15) is 29.7 Å². The highest BCUT2D eigenvalue weighted by Gasteiger charge is 2.27. The van der Waals surface area contributed by atoms with Gasteiger partial charge in [-0.1, -0.05) is 12.1 Å². The van der Waals surface area contributed by atoms with Crippen LogP contribution in [0.4, 0.5) is 0 Å². The molecule has 92 valence electrons. The molecule has 0 bridgehead atoms. The van der Waals surface area contributed by atoms with E-state index in [-0.39, 0.29) is 11.9 Å². The zero-order valence-corrected chi connectivity index (χ0v) is 10.4. The van der Waals surface area contributed by atoms with Crippen molar-refractivity contribution >= 4 is 5.91 Å². The lowest BCUT2D eigenvalue weighted by molar-refractivity contribution is -0.122. The molecule has 0 saturated heterocycles. The highest BCUT2D eigenvalue weighted by Crippen LogP contribution is 2.36. The SMILES string of the molecule is Cc1ccc2c(c1C)OCC2NC(=O)[C@@H](C)N. The Bertz CT molecular complexity index is 455. The van der Waals surface area contributed by atoms with Gasteiger partial charge in [0.05, 0.1) is 12.1 Å². The third-order valence-corrected chi connectivity index (χ3v) is 3.21. The van der Waals surface area contributed by atoms with E-state index in [1.54, 1.807) is 6.92 Å². The van der Waals surface area contributed by atoms with E-state index < -0.39 is 6.04 Å². The van der Waals surface area contributed by atoms with E-state index >= 15 is 0 Å². The second-order valence-electron chi connectivity index (χ2n) is 4.59. The molecule has 4 nitrogen and oxygen atoms in total. The van der Waals surface area contributed by atoms with E-state index in [1.165, 1.54) is 5.56 Å². The first-order valence-electron chi connectivity index (χ1n) is 5.79. The molecular formula is C13H18N2O2. The lowest BCUT2D eigenvalue weighted by Gasteiger charge is -2.14. The molecule has 0 aliphatic carbocycles. The maximum atomic E-state index is 11.6. The number of hydrogen-bond donors (Lipinski definition) is 2. The molecule has 1 heterocycles. The van der Waals surface area contributed by atoms with E-state index in [0.29, 0.717) is 6.61 Å². The number of nitrogens with one attached hydrogen (secondary N) is 1. The average molecular weight is 234 g/mol. The van der Waals surface area contributed by atoms with Gasteiger partial charge in [0.1, 0.15) is 12.4 Å². The summed E-state index contributed by atoms with van der Waals surface area (Å²) in [5, 5.41) is 2.89. The Labute approximate surface area is 101 Å². The van der Waals surface area contributed by atoms with Crippen LogP contribution in [-0.4, -0.2) is 18.6 Å². The molecule has 17 heavy (non-hydrogen) atoms. The van der Waals surface area contributed by atoms with Crippen LogP contribution in [0.25, 0.3) is 0 Å². The molecule has 1 amide bonds. The van der Waals surface area contributed by atoms with Crippen molar-refractivity contribution in [3.63, 3.8) is 0 Å². The van der Waals surface area contributed by atoms with Gasteiger partial charge in [-0.25, -0.2) is 0 Å². The van der Waals surface area contributed by atoms with E-state index in [2.05, 4.69) is 5.32 Å². The first kappa shape index (κ1) is 11.9. The fraction of sp³-hybridized carbons (Fsp3) is 0.462. The van der Waals surface area contributed by atoms with Gasteiger partial charge in [0.25, 0.3) is 0 Å². The standard InChI is InChI=1S/C13H18N2O2/c1-7-4-5-10-11(15-13(16)9(3)14)6-17-12(10)8(7)2/h4-5,9,11H,6,14H2,1-3H3,(H,15,16)/t9-,11?/m1/s1. The monoisotopic (exact) mass is 234 g/mol. The number of nitrogens with two attached hydrogens (primary N) is 1. The van der Waals surface area contributed by atoms with E-state index in [0.717, 1.165) is 16.9 Å². The van der Waals surface area contributed by atoms with E-state index in [4.69, 9.17) is 10.5 Å². The number of carbonyl (C=O) groups excluding carboxylic acids is 1. The average Bonchev–Trinajstić information content (AvgIpc) is 2.67. The normalized spacial score (nSPS) is 19.4. The summed E-state index contributed by atoms with van der Waals surface area (Å²) >= 11 is 0. The fourth-order valence-electron chi connectivity index (χ4n) is 1.96. The molecule has 0 fully saturated rings. The molecule has 1 aromatic carbocycles. The van der Waals surface area contributed by atoms with E-state index in [9.17, 15) is 4.79 Å². The van der Waals surface area contributed by atoms with Crippen LogP contribution >= 0.6 is 0 Å². The quantitative estimate of drug-likeness (QED) is 0.808. The largest absolute Gasteiger partial charge is 0.490 e. The Morgan fingerprint density at radius 1 is 1.53 bits per heavy atom. The summed E-state index contributed by atoms with van der Waals surface area (Å²) < 4.78 is 5.65. The number of amides is 1. The number of hydrogen-bond acceptors (Lipinski definition) is 3. The van der Waals surface area contributed by atoms with Crippen molar-refractivity contribution in [2.45, 2.75) is 32.9 Å². The van der Waals surface area contributed by atoms with Gasteiger partial charge in [-0.3, -0.25) is 4.79 Å². The van der Waals surface area contributed by atoms with Crippen LogP contribution in [0.3, 0.4) is 0 Å². The van der Waals surface area contributed by atoms with Gasteiger partial charge in [-0.05, 0) is 31.9 Å². The van der Waals surface area contributed by atoms with Gasteiger partial charge >= 0.3 is 0 Å². The molecule has 2 atom stereocenters. The highest BCUT2D eigenvalue weighted by molar-refractivity contribution is 5.81. The van der Waals surface area contributed by atoms with Gasteiger partial charge in [0.2, 0.25) is 5.91 Å². The lowest BCUT2D eigenvalue weighted by atomic mass is 10.0. The molecule has 2 rings (SSSR count). The summed E-state index contributed by atoms with van der Waals surface area (Å²) in [5.41, 5.74) is 8.91. The fourth-order valence-corrected chi connectivity index (χ4v) is 1.96. The van der Waals surface area contributed by atoms with Crippen molar-refractivity contribution in [2.75, 3.05) is 6.61 Å². The Morgan fingerprint density at radius 2 is 2.24 bits per heavy atom.